The molecule has 9 N–H and O–H groups in total. The Morgan fingerprint density at radius 1 is 1.00 bits per heavy atom. The summed E-state index contributed by atoms with van der Waals surface area (Å²) in [5, 5.41) is 81.4. The number of nitrogens with one attached hydrogen (secondary N) is 1. The van der Waals surface area contributed by atoms with E-state index in [0.29, 0.717) is 13.1 Å². The summed E-state index contributed by atoms with van der Waals surface area (Å²) in [6.07, 6.45) is -14.2. The fourth-order valence-corrected chi connectivity index (χ4v) is 2.73. The van der Waals surface area contributed by atoms with Crippen molar-refractivity contribution < 1.29 is 50.3 Å². The fourth-order valence-electron chi connectivity index (χ4n) is 2.73. The van der Waals surface area contributed by atoms with E-state index in [1.54, 1.807) is 0 Å². The summed E-state index contributed by atoms with van der Waals surface area (Å²) >= 11 is 0. The second-order valence-electron chi connectivity index (χ2n) is 7.11. The zero-order valence-corrected chi connectivity index (χ0v) is 16.1. The van der Waals surface area contributed by atoms with Gasteiger partial charge in [0.25, 0.3) is 0 Å². The number of likely N-dealkylation sites (N-methyl/N-ethyl adjacent to an activating group) is 1. The number of rotatable bonds is 12. The summed E-state index contributed by atoms with van der Waals surface area (Å²) in [6.45, 7) is -0.328. The molecule has 0 radical (unpaired) electrons. The van der Waals surface area contributed by atoms with Gasteiger partial charge in [0.05, 0.1) is 19.3 Å². The van der Waals surface area contributed by atoms with E-state index < -0.39 is 68.3 Å². The Kier molecular flexibility index (Phi) is 11.2. The molecular formula is C16H34N2O10. The maximum absolute atomic E-state index is 10.4. The zero-order valence-electron chi connectivity index (χ0n) is 16.1. The number of aliphatic hydroxyl groups excluding tert-OH is 8. The molecule has 1 heterocycles. The van der Waals surface area contributed by atoms with E-state index in [9.17, 15) is 40.9 Å². The Labute approximate surface area is 163 Å². The van der Waals surface area contributed by atoms with Crippen LogP contribution in [0.2, 0.25) is 0 Å². The monoisotopic (exact) mass is 414 g/mol. The molecule has 12 nitrogen and oxygen atoms in total. The first-order valence-corrected chi connectivity index (χ1v) is 9.10. The summed E-state index contributed by atoms with van der Waals surface area (Å²) in [6, 6.07) is 0. The number of ether oxygens (including phenoxy) is 2. The van der Waals surface area contributed by atoms with E-state index in [1.165, 1.54) is 0 Å². The van der Waals surface area contributed by atoms with Crippen molar-refractivity contribution in [2.24, 2.45) is 0 Å². The molecule has 28 heavy (non-hydrogen) atoms. The van der Waals surface area contributed by atoms with E-state index in [2.05, 4.69) is 5.32 Å². The molecule has 0 aromatic carbocycles. The van der Waals surface area contributed by atoms with E-state index in [-0.39, 0.29) is 6.54 Å². The molecule has 0 bridgehead atoms. The number of nitrogens with zero attached hydrogens (tertiary/aromatic N) is 1. The molecule has 0 aromatic rings. The first-order valence-electron chi connectivity index (χ1n) is 9.10. The van der Waals surface area contributed by atoms with Gasteiger partial charge in [0.1, 0.15) is 42.7 Å². The Morgan fingerprint density at radius 3 is 2.18 bits per heavy atom. The van der Waals surface area contributed by atoms with Crippen LogP contribution in [-0.2, 0) is 9.47 Å². The van der Waals surface area contributed by atoms with Crippen molar-refractivity contribution in [3.63, 3.8) is 0 Å². The Morgan fingerprint density at radius 2 is 1.64 bits per heavy atom. The number of hydrogen-bond acceptors (Lipinski definition) is 12. The molecule has 5 unspecified atom stereocenters. The van der Waals surface area contributed by atoms with Gasteiger partial charge in [-0.2, -0.15) is 0 Å². The van der Waals surface area contributed by atoms with Crippen molar-refractivity contribution in [3.8, 4) is 0 Å². The van der Waals surface area contributed by atoms with Crippen LogP contribution in [-0.4, -0.2) is 148 Å². The van der Waals surface area contributed by atoms with Gasteiger partial charge in [-0.05, 0) is 14.1 Å². The van der Waals surface area contributed by atoms with Gasteiger partial charge >= 0.3 is 0 Å². The SMILES string of the molecule is CN(C)CCNCC(O)C(O)C(OC1O[C@H](CO)[C@H](O)[C@H](O)[C@H]1O)C(O)CO. The Balaban J connectivity index is 2.76. The minimum Gasteiger partial charge on any atom is -0.394 e. The molecule has 0 aromatic heterocycles. The normalized spacial score (nSPS) is 32.9. The van der Waals surface area contributed by atoms with Crippen LogP contribution in [0.3, 0.4) is 0 Å². The molecule has 1 saturated heterocycles. The van der Waals surface area contributed by atoms with Crippen molar-refractivity contribution in [3.05, 3.63) is 0 Å². The molecule has 0 spiro atoms. The lowest BCUT2D eigenvalue weighted by atomic mass is 9.98. The van der Waals surface area contributed by atoms with Crippen LogP contribution in [0.25, 0.3) is 0 Å². The quantitative estimate of drug-likeness (QED) is 0.138. The van der Waals surface area contributed by atoms with Gasteiger partial charge < -0.3 is 60.5 Å². The highest BCUT2D eigenvalue weighted by Crippen LogP contribution is 2.24. The average molecular weight is 414 g/mol. The molecule has 0 aliphatic carbocycles. The average Bonchev–Trinajstić information content (AvgIpc) is 2.67. The lowest BCUT2D eigenvalue weighted by Gasteiger charge is -2.42. The third kappa shape index (κ3) is 7.09. The van der Waals surface area contributed by atoms with Crippen molar-refractivity contribution in [2.75, 3.05) is 46.9 Å². The van der Waals surface area contributed by atoms with E-state index in [1.807, 2.05) is 19.0 Å². The minimum absolute atomic E-state index is 0.0400. The molecule has 168 valence electrons. The van der Waals surface area contributed by atoms with Crippen molar-refractivity contribution in [1.82, 2.24) is 10.2 Å². The van der Waals surface area contributed by atoms with E-state index in [0.717, 1.165) is 0 Å². The molecule has 9 atom stereocenters. The maximum Gasteiger partial charge on any atom is 0.187 e. The lowest BCUT2D eigenvalue weighted by molar-refractivity contribution is -0.327. The largest absolute Gasteiger partial charge is 0.394 e. The smallest absolute Gasteiger partial charge is 0.187 e. The van der Waals surface area contributed by atoms with E-state index in [4.69, 9.17) is 9.47 Å². The van der Waals surface area contributed by atoms with Crippen LogP contribution in [0.15, 0.2) is 0 Å². The molecule has 1 aliphatic heterocycles. The molecule has 1 rings (SSSR count). The van der Waals surface area contributed by atoms with Gasteiger partial charge in [0, 0.05) is 19.6 Å². The number of hydrogen-bond donors (Lipinski definition) is 9. The summed E-state index contributed by atoms with van der Waals surface area (Å²) in [4.78, 5) is 1.91. The highest BCUT2D eigenvalue weighted by atomic mass is 16.7. The minimum atomic E-state index is -1.76. The Bertz CT molecular complexity index is 430. The van der Waals surface area contributed by atoms with Crippen LogP contribution in [0.4, 0.5) is 0 Å². The van der Waals surface area contributed by atoms with Crippen molar-refractivity contribution >= 4 is 0 Å². The van der Waals surface area contributed by atoms with Gasteiger partial charge in [0.2, 0.25) is 0 Å². The molecule has 1 fully saturated rings. The van der Waals surface area contributed by atoms with E-state index >= 15 is 0 Å². The predicted octanol–water partition coefficient (Wildman–Crippen LogP) is -5.60. The summed E-state index contributed by atoms with van der Waals surface area (Å²) in [7, 11) is 3.74. The van der Waals surface area contributed by atoms with Gasteiger partial charge in [-0.25, -0.2) is 0 Å². The third-order valence-corrected chi connectivity index (χ3v) is 4.53. The zero-order chi connectivity index (χ0) is 21.4. The van der Waals surface area contributed by atoms with Gasteiger partial charge in [-0.1, -0.05) is 0 Å². The standard InChI is InChI=1S/C16H34N2O10/c1-18(2)4-3-17-5-8(21)11(23)15(9(22)6-19)28-16-14(26)13(25)12(24)10(7-20)27-16/h8-17,19-26H,3-7H2,1-2H3/t8?,9?,10-,11?,12+,13+,14-,15?,16?/m1/s1. The third-order valence-electron chi connectivity index (χ3n) is 4.53. The van der Waals surface area contributed by atoms with Crippen LogP contribution in [0.5, 0.6) is 0 Å². The number of aliphatic hydroxyl groups is 8. The second kappa shape index (κ2) is 12.3. The van der Waals surface area contributed by atoms with Gasteiger partial charge in [-0.15, -0.1) is 0 Å². The molecule has 0 saturated carbocycles. The van der Waals surface area contributed by atoms with Gasteiger partial charge in [-0.3, -0.25) is 0 Å². The van der Waals surface area contributed by atoms with Crippen LogP contribution >= 0.6 is 0 Å². The maximum atomic E-state index is 10.4. The molecular weight excluding hydrogens is 380 g/mol. The van der Waals surface area contributed by atoms with Crippen molar-refractivity contribution in [1.29, 1.82) is 0 Å². The predicted molar refractivity (Wildman–Crippen MR) is 95.2 cm³/mol. The summed E-state index contributed by atoms with van der Waals surface area (Å²) in [5.41, 5.74) is 0. The van der Waals surface area contributed by atoms with Crippen LogP contribution < -0.4 is 5.32 Å². The summed E-state index contributed by atoms with van der Waals surface area (Å²) in [5.74, 6) is 0. The summed E-state index contributed by atoms with van der Waals surface area (Å²) < 4.78 is 10.5. The van der Waals surface area contributed by atoms with Crippen molar-refractivity contribution in [2.45, 2.75) is 55.1 Å². The van der Waals surface area contributed by atoms with Crippen LogP contribution in [0, 0.1) is 0 Å². The van der Waals surface area contributed by atoms with Crippen LogP contribution in [0.1, 0.15) is 0 Å². The molecule has 12 heteroatoms. The topological polar surface area (TPSA) is 196 Å². The van der Waals surface area contributed by atoms with Gasteiger partial charge in [0.15, 0.2) is 6.29 Å². The lowest BCUT2D eigenvalue weighted by Crippen LogP contribution is -2.61. The highest BCUT2D eigenvalue weighted by molar-refractivity contribution is 4.91. The first-order chi connectivity index (χ1) is 13.1. The Hall–Kier alpha value is -0.480. The highest BCUT2D eigenvalue weighted by Gasteiger charge is 2.46. The second-order valence-corrected chi connectivity index (χ2v) is 7.11. The molecule has 1 aliphatic rings. The fraction of sp³-hybridized carbons (Fsp3) is 1.00. The molecule has 0 amide bonds. The first kappa shape index (κ1) is 25.6.